The molecule has 16 heavy (non-hydrogen) atoms. The van der Waals surface area contributed by atoms with E-state index in [2.05, 4.69) is 12.1 Å². The molecule has 0 aliphatic heterocycles. The highest BCUT2D eigenvalue weighted by Gasteiger charge is 2.56. The van der Waals surface area contributed by atoms with E-state index in [-0.39, 0.29) is 17.2 Å². The molecule has 2 atom stereocenters. The maximum atomic E-state index is 11.3. The van der Waals surface area contributed by atoms with Crippen LogP contribution < -0.4 is 11.5 Å². The summed E-state index contributed by atoms with van der Waals surface area (Å²) in [5.41, 5.74) is 14.2. The molecule has 1 saturated carbocycles. The molecule has 0 radical (unpaired) electrons. The third-order valence-corrected chi connectivity index (χ3v) is 4.17. The molecule has 2 aliphatic carbocycles. The van der Waals surface area contributed by atoms with Gasteiger partial charge in [-0.3, -0.25) is 4.79 Å². The molecule has 1 unspecified atom stereocenters. The first-order valence-corrected chi connectivity index (χ1v) is 5.77. The molecule has 3 nitrogen and oxygen atoms in total. The van der Waals surface area contributed by atoms with Gasteiger partial charge < -0.3 is 11.5 Å². The van der Waals surface area contributed by atoms with E-state index in [1.807, 2.05) is 12.1 Å². The van der Waals surface area contributed by atoms with Crippen LogP contribution in [0.4, 0.5) is 0 Å². The van der Waals surface area contributed by atoms with E-state index in [1.165, 1.54) is 24.0 Å². The molecule has 3 rings (SSSR count). The van der Waals surface area contributed by atoms with Gasteiger partial charge in [-0.05, 0) is 35.8 Å². The number of fused-ring (bicyclic) bond motifs is 1. The summed E-state index contributed by atoms with van der Waals surface area (Å²) in [6, 6.07) is 7.76. The van der Waals surface area contributed by atoms with E-state index in [0.717, 1.165) is 6.42 Å². The maximum Gasteiger partial charge on any atom is 0.234 e. The Morgan fingerprint density at radius 1 is 1.38 bits per heavy atom. The van der Waals surface area contributed by atoms with Crippen LogP contribution in [0.3, 0.4) is 0 Å². The fourth-order valence-corrected chi connectivity index (χ4v) is 3.20. The van der Waals surface area contributed by atoms with Gasteiger partial charge >= 0.3 is 0 Å². The van der Waals surface area contributed by atoms with Crippen LogP contribution in [-0.2, 0) is 11.2 Å². The zero-order chi connectivity index (χ0) is 11.3. The number of hydrogen-bond acceptors (Lipinski definition) is 2. The molecule has 0 saturated heterocycles. The number of rotatable bonds is 2. The number of carbonyl (C=O) groups excluding carboxylic acids is 1. The first-order valence-electron chi connectivity index (χ1n) is 5.77. The molecule has 1 aromatic carbocycles. The summed E-state index contributed by atoms with van der Waals surface area (Å²) < 4.78 is 0. The van der Waals surface area contributed by atoms with Crippen molar-refractivity contribution < 1.29 is 4.79 Å². The van der Waals surface area contributed by atoms with E-state index in [1.54, 1.807) is 0 Å². The van der Waals surface area contributed by atoms with Crippen molar-refractivity contribution >= 4 is 5.91 Å². The lowest BCUT2D eigenvalue weighted by atomic mass is 9.83. The molecule has 1 fully saturated rings. The average molecular weight is 216 g/mol. The zero-order valence-corrected chi connectivity index (χ0v) is 9.15. The van der Waals surface area contributed by atoms with Crippen molar-refractivity contribution in [2.75, 3.05) is 0 Å². The Labute approximate surface area is 94.8 Å². The summed E-state index contributed by atoms with van der Waals surface area (Å²) in [5.74, 6) is -0.242. The van der Waals surface area contributed by atoms with Crippen molar-refractivity contribution in [1.29, 1.82) is 0 Å². The number of nitrogens with two attached hydrogens (primary N) is 2. The summed E-state index contributed by atoms with van der Waals surface area (Å²) >= 11 is 0. The lowest BCUT2D eigenvalue weighted by molar-refractivity contribution is -0.120. The molecular formula is C13H16N2O. The van der Waals surface area contributed by atoms with Crippen LogP contribution in [0, 0.1) is 5.41 Å². The van der Waals surface area contributed by atoms with Crippen molar-refractivity contribution in [1.82, 2.24) is 0 Å². The Morgan fingerprint density at radius 3 is 2.69 bits per heavy atom. The van der Waals surface area contributed by atoms with Gasteiger partial charge in [0.05, 0.1) is 6.04 Å². The Morgan fingerprint density at radius 2 is 2.06 bits per heavy atom. The molecule has 1 spiro atoms. The third kappa shape index (κ3) is 1.21. The fourth-order valence-electron chi connectivity index (χ4n) is 3.20. The van der Waals surface area contributed by atoms with Gasteiger partial charge in [0.15, 0.2) is 0 Å². The summed E-state index contributed by atoms with van der Waals surface area (Å²) in [5, 5.41) is 0. The summed E-state index contributed by atoms with van der Waals surface area (Å²) in [4.78, 5) is 11.3. The molecule has 3 heteroatoms. The number of primary amides is 1. The van der Waals surface area contributed by atoms with Crippen molar-refractivity contribution in [3.8, 4) is 0 Å². The van der Waals surface area contributed by atoms with Crippen LogP contribution in [0.25, 0.3) is 0 Å². The highest BCUT2D eigenvalue weighted by Crippen LogP contribution is 2.63. The topological polar surface area (TPSA) is 69.1 Å². The molecule has 84 valence electrons. The van der Waals surface area contributed by atoms with Gasteiger partial charge in [0.2, 0.25) is 5.91 Å². The Kier molecular flexibility index (Phi) is 1.89. The van der Waals surface area contributed by atoms with Crippen LogP contribution in [0.5, 0.6) is 0 Å². The van der Waals surface area contributed by atoms with Crippen LogP contribution in [0.15, 0.2) is 24.3 Å². The summed E-state index contributed by atoms with van der Waals surface area (Å²) in [7, 11) is 0. The average Bonchev–Trinajstić information content (AvgIpc) is 2.93. The minimum atomic E-state index is -0.536. The molecule has 1 aromatic rings. The summed E-state index contributed by atoms with van der Waals surface area (Å²) in [6.07, 6.45) is 3.41. The van der Waals surface area contributed by atoms with Crippen molar-refractivity contribution in [3.63, 3.8) is 0 Å². The molecule has 0 heterocycles. The second-order valence-electron chi connectivity index (χ2n) is 5.14. The highest BCUT2D eigenvalue weighted by atomic mass is 16.1. The molecule has 2 aliphatic rings. The van der Waals surface area contributed by atoms with Gasteiger partial charge in [0.25, 0.3) is 0 Å². The second-order valence-corrected chi connectivity index (χ2v) is 5.14. The molecule has 0 bridgehead atoms. The lowest BCUT2D eigenvalue weighted by Gasteiger charge is -2.24. The Hall–Kier alpha value is -1.35. The smallest absolute Gasteiger partial charge is 0.234 e. The number of amides is 1. The van der Waals surface area contributed by atoms with Crippen molar-refractivity contribution in [2.24, 2.45) is 16.9 Å². The Balaban J connectivity index is 2.05. The third-order valence-electron chi connectivity index (χ3n) is 4.17. The number of benzene rings is 1. The van der Waals surface area contributed by atoms with E-state index in [4.69, 9.17) is 11.5 Å². The van der Waals surface area contributed by atoms with E-state index in [0.29, 0.717) is 0 Å². The molecule has 0 aromatic heterocycles. The largest absolute Gasteiger partial charge is 0.368 e. The molecular weight excluding hydrogens is 200 g/mol. The van der Waals surface area contributed by atoms with E-state index >= 15 is 0 Å². The van der Waals surface area contributed by atoms with E-state index in [9.17, 15) is 4.79 Å². The van der Waals surface area contributed by atoms with Crippen LogP contribution >= 0.6 is 0 Å². The van der Waals surface area contributed by atoms with Gasteiger partial charge in [-0.25, -0.2) is 0 Å². The minimum absolute atomic E-state index is 0.140. The number of carbonyl (C=O) groups is 1. The van der Waals surface area contributed by atoms with Gasteiger partial charge in [0, 0.05) is 5.92 Å². The second kappa shape index (κ2) is 3.08. The standard InChI is InChI=1S/C13H16N2O/c14-11(12(15)16)10-9-4-2-1-3-8(9)7-13(10)5-6-13/h1-4,10-11H,5-7,14H2,(H2,15,16)/t10?,11-/m0/s1. The minimum Gasteiger partial charge on any atom is -0.368 e. The molecule has 1 amide bonds. The predicted octanol–water partition coefficient (Wildman–Crippen LogP) is 0.919. The van der Waals surface area contributed by atoms with Crippen molar-refractivity contribution in [3.05, 3.63) is 35.4 Å². The number of hydrogen-bond donors (Lipinski definition) is 2. The van der Waals surface area contributed by atoms with Crippen molar-refractivity contribution in [2.45, 2.75) is 31.2 Å². The summed E-state index contributed by atoms with van der Waals surface area (Å²) in [6.45, 7) is 0. The molecule has 4 N–H and O–H groups in total. The van der Waals surface area contributed by atoms with Gasteiger partial charge in [-0.1, -0.05) is 24.3 Å². The van der Waals surface area contributed by atoms with Gasteiger partial charge in [-0.15, -0.1) is 0 Å². The first-order chi connectivity index (χ1) is 7.64. The quantitative estimate of drug-likeness (QED) is 0.771. The van der Waals surface area contributed by atoms with E-state index < -0.39 is 6.04 Å². The highest BCUT2D eigenvalue weighted by molar-refractivity contribution is 5.81. The lowest BCUT2D eigenvalue weighted by Crippen LogP contribution is -2.43. The van der Waals surface area contributed by atoms with Crippen LogP contribution in [0.1, 0.15) is 29.9 Å². The van der Waals surface area contributed by atoms with Gasteiger partial charge in [0.1, 0.15) is 0 Å². The van der Waals surface area contributed by atoms with Crippen LogP contribution in [0.2, 0.25) is 0 Å². The zero-order valence-electron chi connectivity index (χ0n) is 9.15. The Bertz CT molecular complexity index is 451. The maximum absolute atomic E-state index is 11.3. The monoisotopic (exact) mass is 216 g/mol. The fraction of sp³-hybridized carbons (Fsp3) is 0.462. The normalized spacial score (nSPS) is 26.4. The predicted molar refractivity (Wildman–Crippen MR) is 61.7 cm³/mol. The van der Waals surface area contributed by atoms with Crippen LogP contribution in [-0.4, -0.2) is 11.9 Å². The first kappa shape index (κ1) is 9.85. The SMILES string of the molecule is NC(=O)[C@@H](N)C1c2ccccc2CC12CC2. The van der Waals surface area contributed by atoms with Gasteiger partial charge in [-0.2, -0.15) is 0 Å².